The van der Waals surface area contributed by atoms with Gasteiger partial charge in [-0.1, -0.05) is 13.8 Å². The number of carboxylic acids is 1. The number of aliphatic carboxylic acids is 1. The van der Waals surface area contributed by atoms with Gasteiger partial charge in [0, 0.05) is 5.92 Å². The molecule has 0 aromatic heterocycles. The molecule has 1 N–H and O–H groups in total. The minimum Gasteiger partial charge on any atom is -0.480 e. The maximum atomic E-state index is 11.4. The Bertz CT molecular complexity index is 244. The van der Waals surface area contributed by atoms with E-state index >= 15 is 0 Å². The molecule has 0 heterocycles. The summed E-state index contributed by atoms with van der Waals surface area (Å²) >= 11 is 0. The number of carboxylic acid groups (broad SMARTS) is 1. The smallest absolute Gasteiger partial charge is 0.317 e. The first-order chi connectivity index (χ1) is 6.82. The molecule has 0 atom stereocenters. The van der Waals surface area contributed by atoms with E-state index in [0.29, 0.717) is 0 Å². The molecule has 0 radical (unpaired) electrons. The number of ketones is 2. The third-order valence-electron chi connectivity index (χ3n) is 1.83. The van der Waals surface area contributed by atoms with Gasteiger partial charge in [0.25, 0.3) is 0 Å². The van der Waals surface area contributed by atoms with Crippen molar-refractivity contribution in [3.8, 4) is 0 Å². The van der Waals surface area contributed by atoms with E-state index in [-0.39, 0.29) is 37.1 Å². The van der Waals surface area contributed by atoms with Crippen molar-refractivity contribution in [1.82, 2.24) is 4.90 Å². The van der Waals surface area contributed by atoms with Gasteiger partial charge in [0.1, 0.15) is 11.6 Å². The summed E-state index contributed by atoms with van der Waals surface area (Å²) in [6.07, 6.45) is 0. The number of hydrogen-bond acceptors (Lipinski definition) is 4. The molecule has 0 aliphatic heterocycles. The number of carbonyl (C=O) groups excluding carboxylic acids is 2. The van der Waals surface area contributed by atoms with Gasteiger partial charge < -0.3 is 5.11 Å². The second-order valence-corrected chi connectivity index (χ2v) is 3.86. The monoisotopic (exact) mass is 215 g/mol. The Balaban J connectivity index is 4.29. The molecular weight excluding hydrogens is 198 g/mol. The van der Waals surface area contributed by atoms with Crippen molar-refractivity contribution in [2.75, 3.05) is 19.6 Å². The van der Waals surface area contributed by atoms with Crippen LogP contribution in [-0.2, 0) is 14.4 Å². The SMILES string of the molecule is CC(=O)CN(CC(=O)O)CC(=O)C(C)C. The van der Waals surface area contributed by atoms with Crippen molar-refractivity contribution < 1.29 is 19.5 Å². The average molecular weight is 215 g/mol. The number of Topliss-reactive ketones (excluding diaryl/α,β-unsaturated/α-hetero) is 2. The summed E-state index contributed by atoms with van der Waals surface area (Å²) in [5.41, 5.74) is 0. The van der Waals surface area contributed by atoms with Crippen LogP contribution in [0.25, 0.3) is 0 Å². The van der Waals surface area contributed by atoms with Crippen LogP contribution in [0.2, 0.25) is 0 Å². The lowest BCUT2D eigenvalue weighted by Crippen LogP contribution is -2.38. The van der Waals surface area contributed by atoms with E-state index in [1.165, 1.54) is 11.8 Å². The van der Waals surface area contributed by atoms with Crippen LogP contribution >= 0.6 is 0 Å². The minimum absolute atomic E-state index is 0.00472. The fourth-order valence-corrected chi connectivity index (χ4v) is 1.08. The van der Waals surface area contributed by atoms with E-state index in [2.05, 4.69) is 0 Å². The average Bonchev–Trinajstić information content (AvgIpc) is 2.00. The number of carbonyl (C=O) groups is 3. The molecule has 0 saturated carbocycles. The van der Waals surface area contributed by atoms with E-state index in [1.807, 2.05) is 0 Å². The van der Waals surface area contributed by atoms with Crippen LogP contribution in [0.4, 0.5) is 0 Å². The second kappa shape index (κ2) is 6.29. The number of hydrogen-bond donors (Lipinski definition) is 1. The second-order valence-electron chi connectivity index (χ2n) is 3.86. The normalized spacial score (nSPS) is 10.7. The van der Waals surface area contributed by atoms with Gasteiger partial charge in [0.05, 0.1) is 19.6 Å². The molecule has 0 aromatic carbocycles. The molecule has 0 aliphatic carbocycles. The van der Waals surface area contributed by atoms with Gasteiger partial charge in [0.15, 0.2) is 0 Å². The first kappa shape index (κ1) is 13.8. The highest BCUT2D eigenvalue weighted by Gasteiger charge is 2.17. The first-order valence-corrected chi connectivity index (χ1v) is 4.79. The van der Waals surface area contributed by atoms with Crippen LogP contribution < -0.4 is 0 Å². The molecule has 0 aromatic rings. The van der Waals surface area contributed by atoms with E-state index in [0.717, 1.165) is 0 Å². The lowest BCUT2D eigenvalue weighted by Gasteiger charge is -2.18. The first-order valence-electron chi connectivity index (χ1n) is 4.79. The molecule has 0 unspecified atom stereocenters. The summed E-state index contributed by atoms with van der Waals surface area (Å²) in [6, 6.07) is 0. The van der Waals surface area contributed by atoms with Crippen LogP contribution in [-0.4, -0.2) is 47.2 Å². The number of nitrogens with zero attached hydrogens (tertiary/aromatic N) is 1. The topological polar surface area (TPSA) is 74.7 Å². The lowest BCUT2D eigenvalue weighted by molar-refractivity contribution is -0.139. The van der Waals surface area contributed by atoms with Gasteiger partial charge in [-0.3, -0.25) is 19.3 Å². The molecule has 5 heteroatoms. The molecule has 0 aliphatic rings. The van der Waals surface area contributed by atoms with Crippen molar-refractivity contribution in [2.24, 2.45) is 5.92 Å². The quantitative estimate of drug-likeness (QED) is 0.656. The molecule has 0 fully saturated rings. The van der Waals surface area contributed by atoms with Gasteiger partial charge >= 0.3 is 5.97 Å². The zero-order valence-corrected chi connectivity index (χ0v) is 9.32. The molecule has 0 spiro atoms. The van der Waals surface area contributed by atoms with E-state index in [1.54, 1.807) is 13.8 Å². The maximum Gasteiger partial charge on any atom is 0.317 e. The van der Waals surface area contributed by atoms with E-state index in [4.69, 9.17) is 5.11 Å². The third-order valence-corrected chi connectivity index (χ3v) is 1.83. The lowest BCUT2D eigenvalue weighted by atomic mass is 10.1. The summed E-state index contributed by atoms with van der Waals surface area (Å²) in [5, 5.41) is 8.58. The standard InChI is InChI=1S/C10H17NO4/c1-7(2)9(13)5-11(4-8(3)12)6-10(14)15/h7H,4-6H2,1-3H3,(H,14,15). The molecule has 15 heavy (non-hydrogen) atoms. The van der Waals surface area contributed by atoms with E-state index in [9.17, 15) is 14.4 Å². The Morgan fingerprint density at radius 1 is 1.13 bits per heavy atom. The Morgan fingerprint density at radius 3 is 2.00 bits per heavy atom. The molecule has 0 amide bonds. The Kier molecular flexibility index (Phi) is 5.77. The Morgan fingerprint density at radius 2 is 1.67 bits per heavy atom. The van der Waals surface area contributed by atoms with Crippen LogP contribution in [0.3, 0.4) is 0 Å². The van der Waals surface area contributed by atoms with Crippen molar-refractivity contribution in [3.63, 3.8) is 0 Å². The highest BCUT2D eigenvalue weighted by molar-refractivity contribution is 5.84. The van der Waals surface area contributed by atoms with Crippen LogP contribution in [0.5, 0.6) is 0 Å². The fourth-order valence-electron chi connectivity index (χ4n) is 1.08. The van der Waals surface area contributed by atoms with Gasteiger partial charge in [0.2, 0.25) is 0 Å². The van der Waals surface area contributed by atoms with Crippen molar-refractivity contribution in [2.45, 2.75) is 20.8 Å². The zero-order chi connectivity index (χ0) is 12.0. The molecule has 5 nitrogen and oxygen atoms in total. The van der Waals surface area contributed by atoms with Crippen LogP contribution in [0.15, 0.2) is 0 Å². The highest BCUT2D eigenvalue weighted by atomic mass is 16.4. The van der Waals surface area contributed by atoms with Crippen LogP contribution in [0.1, 0.15) is 20.8 Å². The minimum atomic E-state index is -1.03. The largest absolute Gasteiger partial charge is 0.480 e. The predicted molar refractivity (Wildman–Crippen MR) is 54.6 cm³/mol. The van der Waals surface area contributed by atoms with Gasteiger partial charge in [-0.2, -0.15) is 0 Å². The van der Waals surface area contributed by atoms with Gasteiger partial charge in [-0.15, -0.1) is 0 Å². The third kappa shape index (κ3) is 6.79. The fraction of sp³-hybridized carbons (Fsp3) is 0.700. The predicted octanol–water partition coefficient (Wildman–Crippen LogP) is 0.187. The molecular formula is C10H17NO4. The summed E-state index contributed by atoms with van der Waals surface area (Å²) in [6.45, 7) is 4.60. The molecule has 0 bridgehead atoms. The summed E-state index contributed by atoms with van der Waals surface area (Å²) in [5.74, 6) is -1.38. The van der Waals surface area contributed by atoms with Crippen molar-refractivity contribution in [3.05, 3.63) is 0 Å². The highest BCUT2D eigenvalue weighted by Crippen LogP contribution is 1.98. The summed E-state index contributed by atoms with van der Waals surface area (Å²) < 4.78 is 0. The molecule has 0 saturated heterocycles. The van der Waals surface area contributed by atoms with Crippen molar-refractivity contribution in [1.29, 1.82) is 0 Å². The zero-order valence-electron chi connectivity index (χ0n) is 9.32. The summed E-state index contributed by atoms with van der Waals surface area (Å²) in [7, 11) is 0. The molecule has 86 valence electrons. The Labute approximate surface area is 89.1 Å². The number of rotatable bonds is 7. The van der Waals surface area contributed by atoms with Crippen LogP contribution in [0, 0.1) is 5.92 Å². The Hall–Kier alpha value is -1.23. The van der Waals surface area contributed by atoms with E-state index < -0.39 is 5.97 Å². The van der Waals surface area contributed by atoms with Crippen molar-refractivity contribution >= 4 is 17.5 Å². The van der Waals surface area contributed by atoms with Gasteiger partial charge in [-0.05, 0) is 6.92 Å². The summed E-state index contributed by atoms with van der Waals surface area (Å²) in [4.78, 5) is 34.0. The molecule has 0 rings (SSSR count). The van der Waals surface area contributed by atoms with Gasteiger partial charge in [-0.25, -0.2) is 0 Å². The maximum absolute atomic E-state index is 11.4.